The number of benzene rings is 1. The van der Waals surface area contributed by atoms with Crippen LogP contribution in [0.5, 0.6) is 0 Å². The Morgan fingerprint density at radius 3 is 2.80 bits per heavy atom. The van der Waals surface area contributed by atoms with Crippen molar-refractivity contribution in [2.24, 2.45) is 5.73 Å². The van der Waals surface area contributed by atoms with Crippen LogP contribution in [0.3, 0.4) is 0 Å². The first-order valence-electron chi connectivity index (χ1n) is 6.33. The van der Waals surface area contributed by atoms with E-state index in [1.54, 1.807) is 6.92 Å². The second-order valence-corrected chi connectivity index (χ2v) is 4.64. The Morgan fingerprint density at radius 1 is 1.45 bits per heavy atom. The second kappa shape index (κ2) is 6.54. The number of aromatic nitrogens is 2. The first-order valence-corrected chi connectivity index (χ1v) is 6.71. The molecule has 0 radical (unpaired) electrons. The number of nitrogens with one attached hydrogen (secondary N) is 1. The molecule has 1 unspecified atom stereocenters. The van der Waals surface area contributed by atoms with E-state index in [4.69, 9.17) is 22.1 Å². The molecular weight excluding hydrogens is 278 g/mol. The number of rotatable bonds is 5. The standard InChI is InChI=1S/C14H16ClN3O2/c1-2-20-14(19)10(16)8-11-12(15)18-13(17-11)9-6-4-3-5-7-9/h3-7,10H,2,8,16H2,1H3,(H,17,18). The first-order chi connectivity index (χ1) is 9.61. The summed E-state index contributed by atoms with van der Waals surface area (Å²) in [7, 11) is 0. The van der Waals surface area contributed by atoms with Gasteiger partial charge in [-0.1, -0.05) is 41.9 Å². The molecule has 1 aromatic carbocycles. The summed E-state index contributed by atoms with van der Waals surface area (Å²) in [6, 6.07) is 8.84. The van der Waals surface area contributed by atoms with E-state index in [2.05, 4.69) is 9.97 Å². The highest BCUT2D eigenvalue weighted by atomic mass is 35.5. The van der Waals surface area contributed by atoms with Crippen LogP contribution < -0.4 is 5.73 Å². The van der Waals surface area contributed by atoms with Crippen LogP contribution in [0.25, 0.3) is 11.4 Å². The maximum atomic E-state index is 11.5. The van der Waals surface area contributed by atoms with Crippen LogP contribution in [0.1, 0.15) is 12.6 Å². The van der Waals surface area contributed by atoms with Crippen molar-refractivity contribution in [1.29, 1.82) is 0 Å². The zero-order valence-corrected chi connectivity index (χ0v) is 11.9. The number of aromatic amines is 1. The average molecular weight is 294 g/mol. The molecular formula is C14H16ClN3O2. The molecule has 3 N–H and O–H groups in total. The summed E-state index contributed by atoms with van der Waals surface area (Å²) in [6.07, 6.45) is 0.261. The fraction of sp³-hybridized carbons (Fsp3) is 0.286. The van der Waals surface area contributed by atoms with Gasteiger partial charge < -0.3 is 15.5 Å². The van der Waals surface area contributed by atoms with Crippen molar-refractivity contribution >= 4 is 17.6 Å². The summed E-state index contributed by atoms with van der Waals surface area (Å²) in [5.41, 5.74) is 7.32. The number of imidazole rings is 1. The van der Waals surface area contributed by atoms with Gasteiger partial charge in [-0.3, -0.25) is 4.79 Å². The van der Waals surface area contributed by atoms with Gasteiger partial charge in [0.25, 0.3) is 0 Å². The van der Waals surface area contributed by atoms with Crippen molar-refractivity contribution in [1.82, 2.24) is 9.97 Å². The number of carbonyl (C=O) groups excluding carboxylic acids is 1. The SMILES string of the molecule is CCOC(=O)C(N)Cc1[nH]c(-c2ccccc2)nc1Cl. The molecule has 0 amide bonds. The van der Waals surface area contributed by atoms with Crippen molar-refractivity contribution in [3.05, 3.63) is 41.2 Å². The highest BCUT2D eigenvalue weighted by molar-refractivity contribution is 6.30. The number of hydrogen-bond donors (Lipinski definition) is 2. The fourth-order valence-corrected chi connectivity index (χ4v) is 2.02. The van der Waals surface area contributed by atoms with Crippen LogP contribution in [-0.2, 0) is 16.0 Å². The van der Waals surface area contributed by atoms with Gasteiger partial charge in [0.05, 0.1) is 12.3 Å². The summed E-state index contributed by atoms with van der Waals surface area (Å²) in [6.45, 7) is 2.04. The van der Waals surface area contributed by atoms with Crippen molar-refractivity contribution in [2.45, 2.75) is 19.4 Å². The number of ether oxygens (including phenoxy) is 1. The van der Waals surface area contributed by atoms with E-state index in [1.165, 1.54) is 0 Å². The number of esters is 1. The number of nitrogens with two attached hydrogens (primary N) is 1. The van der Waals surface area contributed by atoms with Gasteiger partial charge in [-0.15, -0.1) is 0 Å². The van der Waals surface area contributed by atoms with Gasteiger partial charge in [0, 0.05) is 12.0 Å². The molecule has 6 heteroatoms. The number of hydrogen-bond acceptors (Lipinski definition) is 4. The number of nitrogens with zero attached hydrogens (tertiary/aromatic N) is 1. The molecule has 2 rings (SSSR count). The molecule has 0 spiro atoms. The van der Waals surface area contributed by atoms with Crippen LogP contribution >= 0.6 is 11.6 Å². The molecule has 0 saturated heterocycles. The third-order valence-corrected chi connectivity index (χ3v) is 3.10. The van der Waals surface area contributed by atoms with Crippen molar-refractivity contribution in [3.8, 4) is 11.4 Å². The van der Waals surface area contributed by atoms with Crippen molar-refractivity contribution in [3.63, 3.8) is 0 Å². The third-order valence-electron chi connectivity index (χ3n) is 2.79. The largest absolute Gasteiger partial charge is 0.465 e. The summed E-state index contributed by atoms with van der Waals surface area (Å²) in [5.74, 6) is 0.209. The molecule has 0 fully saturated rings. The molecule has 20 heavy (non-hydrogen) atoms. The van der Waals surface area contributed by atoms with Gasteiger partial charge in [-0.05, 0) is 6.92 Å². The summed E-state index contributed by atoms with van der Waals surface area (Å²) < 4.78 is 4.87. The Kier molecular flexibility index (Phi) is 4.76. The Morgan fingerprint density at radius 2 is 2.15 bits per heavy atom. The molecule has 0 aliphatic rings. The van der Waals surface area contributed by atoms with Gasteiger partial charge in [0.15, 0.2) is 5.15 Å². The number of halogens is 1. The lowest BCUT2D eigenvalue weighted by atomic mass is 10.2. The van der Waals surface area contributed by atoms with Crippen LogP contribution in [0.2, 0.25) is 5.15 Å². The quantitative estimate of drug-likeness (QED) is 0.828. The predicted octanol–water partition coefficient (Wildman–Crippen LogP) is 2.16. The minimum atomic E-state index is -0.753. The maximum absolute atomic E-state index is 11.5. The zero-order valence-electron chi connectivity index (χ0n) is 11.1. The summed E-state index contributed by atoms with van der Waals surface area (Å²) in [4.78, 5) is 18.8. The fourth-order valence-electron chi connectivity index (χ4n) is 1.81. The molecule has 0 bridgehead atoms. The number of H-pyrrole nitrogens is 1. The molecule has 0 aliphatic heterocycles. The van der Waals surface area contributed by atoms with E-state index < -0.39 is 12.0 Å². The third kappa shape index (κ3) is 3.37. The minimum Gasteiger partial charge on any atom is -0.465 e. The van der Waals surface area contributed by atoms with Gasteiger partial charge in [0.1, 0.15) is 11.9 Å². The van der Waals surface area contributed by atoms with E-state index in [9.17, 15) is 4.79 Å². The van der Waals surface area contributed by atoms with Gasteiger partial charge in [-0.2, -0.15) is 0 Å². The normalized spacial score (nSPS) is 12.2. The lowest BCUT2D eigenvalue weighted by Gasteiger charge is -2.09. The Hall–Kier alpha value is -1.85. The van der Waals surface area contributed by atoms with Gasteiger partial charge >= 0.3 is 5.97 Å². The number of carbonyl (C=O) groups is 1. The minimum absolute atomic E-state index is 0.261. The lowest BCUT2D eigenvalue weighted by molar-refractivity contribution is -0.144. The average Bonchev–Trinajstić information content (AvgIpc) is 2.81. The highest BCUT2D eigenvalue weighted by Gasteiger charge is 2.19. The molecule has 106 valence electrons. The predicted molar refractivity (Wildman–Crippen MR) is 77.3 cm³/mol. The summed E-state index contributed by atoms with van der Waals surface area (Å²) >= 11 is 6.07. The van der Waals surface area contributed by atoms with E-state index in [1.807, 2.05) is 30.3 Å². The van der Waals surface area contributed by atoms with E-state index in [-0.39, 0.29) is 6.42 Å². The molecule has 5 nitrogen and oxygen atoms in total. The van der Waals surface area contributed by atoms with Crippen LogP contribution in [0, 0.1) is 0 Å². The monoisotopic (exact) mass is 293 g/mol. The van der Waals surface area contributed by atoms with Gasteiger partial charge in [-0.25, -0.2) is 4.98 Å². The highest BCUT2D eigenvalue weighted by Crippen LogP contribution is 2.21. The van der Waals surface area contributed by atoms with E-state index >= 15 is 0 Å². The molecule has 1 atom stereocenters. The second-order valence-electron chi connectivity index (χ2n) is 4.28. The first kappa shape index (κ1) is 14.6. The molecule has 0 aliphatic carbocycles. The Balaban J connectivity index is 2.14. The topological polar surface area (TPSA) is 81.0 Å². The van der Waals surface area contributed by atoms with E-state index in [0.29, 0.717) is 23.3 Å². The molecule has 1 heterocycles. The van der Waals surface area contributed by atoms with E-state index in [0.717, 1.165) is 5.56 Å². The van der Waals surface area contributed by atoms with Gasteiger partial charge in [0.2, 0.25) is 0 Å². The Bertz CT molecular complexity index is 583. The zero-order chi connectivity index (χ0) is 14.5. The lowest BCUT2D eigenvalue weighted by Crippen LogP contribution is -2.34. The Labute approximate surface area is 122 Å². The van der Waals surface area contributed by atoms with Crippen LogP contribution in [0.15, 0.2) is 30.3 Å². The van der Waals surface area contributed by atoms with Crippen LogP contribution in [-0.4, -0.2) is 28.6 Å². The molecule has 1 aromatic heterocycles. The molecule has 2 aromatic rings. The van der Waals surface area contributed by atoms with Crippen molar-refractivity contribution < 1.29 is 9.53 Å². The maximum Gasteiger partial charge on any atom is 0.323 e. The van der Waals surface area contributed by atoms with Crippen LogP contribution in [0.4, 0.5) is 0 Å². The van der Waals surface area contributed by atoms with Crippen molar-refractivity contribution in [2.75, 3.05) is 6.61 Å². The molecule has 0 saturated carbocycles. The smallest absolute Gasteiger partial charge is 0.323 e. The summed E-state index contributed by atoms with van der Waals surface area (Å²) in [5, 5.41) is 0.323.